The molecule has 0 aliphatic heterocycles. The van der Waals surface area contributed by atoms with Crippen LogP contribution in [0.25, 0.3) is 10.9 Å². The Morgan fingerprint density at radius 1 is 1.29 bits per heavy atom. The van der Waals surface area contributed by atoms with Gasteiger partial charge in [0, 0.05) is 17.6 Å². The van der Waals surface area contributed by atoms with Crippen molar-refractivity contribution in [2.45, 2.75) is 46.1 Å². The summed E-state index contributed by atoms with van der Waals surface area (Å²) in [6.07, 6.45) is 5.70. The Kier molecular flexibility index (Phi) is 4.08. The van der Waals surface area contributed by atoms with Gasteiger partial charge in [-0.1, -0.05) is 38.3 Å². The molecule has 1 aromatic heterocycles. The number of aryl methyl sites for hydroxylation is 1. The molecule has 0 amide bonds. The van der Waals surface area contributed by atoms with Gasteiger partial charge in [-0.15, -0.1) is 0 Å². The zero-order valence-electron chi connectivity index (χ0n) is 13.0. The summed E-state index contributed by atoms with van der Waals surface area (Å²) in [5, 5.41) is 5.66. The van der Waals surface area contributed by atoms with E-state index in [9.17, 15) is 0 Å². The zero-order chi connectivity index (χ0) is 15.0. The van der Waals surface area contributed by atoms with Crippen LogP contribution in [0.3, 0.4) is 0 Å². The van der Waals surface area contributed by atoms with E-state index in [1.165, 1.54) is 19.3 Å². The van der Waals surface area contributed by atoms with Gasteiger partial charge in [0.25, 0.3) is 0 Å². The minimum atomic E-state index is 0.498. The molecule has 3 rings (SSSR count). The highest BCUT2D eigenvalue weighted by atomic mass is 35.5. The minimum absolute atomic E-state index is 0.498. The van der Waals surface area contributed by atoms with Gasteiger partial charge < -0.3 is 5.32 Å². The number of nitrogens with zero attached hydrogens (tertiary/aromatic N) is 1. The maximum atomic E-state index is 6.52. The molecule has 2 aromatic rings. The molecule has 1 N–H and O–H groups in total. The van der Waals surface area contributed by atoms with Gasteiger partial charge >= 0.3 is 0 Å². The van der Waals surface area contributed by atoms with Crippen LogP contribution in [-0.2, 0) is 0 Å². The van der Waals surface area contributed by atoms with Crippen LogP contribution in [0.5, 0.6) is 0 Å². The first-order chi connectivity index (χ1) is 10.1. The number of anilines is 1. The van der Waals surface area contributed by atoms with Crippen molar-refractivity contribution >= 4 is 28.2 Å². The van der Waals surface area contributed by atoms with Crippen molar-refractivity contribution in [3.05, 3.63) is 35.0 Å². The summed E-state index contributed by atoms with van der Waals surface area (Å²) in [4.78, 5) is 4.51. The lowest BCUT2D eigenvalue weighted by Crippen LogP contribution is -2.35. The van der Waals surface area contributed by atoms with E-state index < -0.39 is 0 Å². The number of hydrogen-bond acceptors (Lipinski definition) is 2. The fourth-order valence-electron chi connectivity index (χ4n) is 3.50. The molecule has 1 saturated carbocycles. The first-order valence-corrected chi connectivity index (χ1v) is 8.26. The molecule has 0 radical (unpaired) electrons. The van der Waals surface area contributed by atoms with Gasteiger partial charge in [0.05, 0.1) is 16.2 Å². The molecule has 1 aliphatic carbocycles. The molecule has 112 valence electrons. The van der Waals surface area contributed by atoms with Crippen molar-refractivity contribution in [2.75, 3.05) is 5.32 Å². The van der Waals surface area contributed by atoms with E-state index in [2.05, 4.69) is 37.1 Å². The van der Waals surface area contributed by atoms with Crippen LogP contribution in [0.4, 0.5) is 5.69 Å². The molecule has 1 heterocycles. The smallest absolute Gasteiger partial charge is 0.0752 e. The zero-order valence-corrected chi connectivity index (χ0v) is 13.7. The van der Waals surface area contributed by atoms with Crippen LogP contribution in [0.1, 0.15) is 38.7 Å². The van der Waals surface area contributed by atoms with E-state index in [4.69, 9.17) is 11.6 Å². The number of fused-ring (bicyclic) bond motifs is 1. The average molecular weight is 303 g/mol. The van der Waals surface area contributed by atoms with E-state index in [1.807, 2.05) is 18.3 Å². The summed E-state index contributed by atoms with van der Waals surface area (Å²) < 4.78 is 0. The predicted molar refractivity (Wildman–Crippen MR) is 91.1 cm³/mol. The largest absolute Gasteiger partial charge is 0.380 e. The van der Waals surface area contributed by atoms with Crippen molar-refractivity contribution in [1.29, 1.82) is 0 Å². The van der Waals surface area contributed by atoms with Crippen molar-refractivity contribution < 1.29 is 0 Å². The molecule has 3 heteroatoms. The maximum Gasteiger partial charge on any atom is 0.0752 e. The number of rotatable bonds is 2. The highest BCUT2D eigenvalue weighted by molar-refractivity contribution is 6.35. The van der Waals surface area contributed by atoms with Gasteiger partial charge in [-0.2, -0.15) is 0 Å². The van der Waals surface area contributed by atoms with Crippen molar-refractivity contribution in [1.82, 2.24) is 4.98 Å². The van der Waals surface area contributed by atoms with E-state index >= 15 is 0 Å². The molecule has 1 aromatic carbocycles. The Labute approximate surface area is 131 Å². The van der Waals surface area contributed by atoms with Gasteiger partial charge in [0.1, 0.15) is 0 Å². The van der Waals surface area contributed by atoms with E-state index in [0.29, 0.717) is 12.0 Å². The van der Waals surface area contributed by atoms with Gasteiger partial charge in [0.15, 0.2) is 0 Å². The van der Waals surface area contributed by atoms with Crippen molar-refractivity contribution in [2.24, 2.45) is 11.8 Å². The van der Waals surface area contributed by atoms with Crippen molar-refractivity contribution in [3.8, 4) is 0 Å². The quantitative estimate of drug-likeness (QED) is 0.799. The number of benzene rings is 1. The van der Waals surface area contributed by atoms with Gasteiger partial charge in [-0.05, 0) is 48.9 Å². The Bertz CT molecular complexity index is 653. The summed E-state index contributed by atoms with van der Waals surface area (Å²) in [5.74, 6) is 1.44. The number of pyridine rings is 1. The summed E-state index contributed by atoms with van der Waals surface area (Å²) in [7, 11) is 0. The van der Waals surface area contributed by atoms with Crippen LogP contribution in [-0.4, -0.2) is 11.0 Å². The molecular weight excluding hydrogens is 280 g/mol. The molecular formula is C18H23ClN2. The standard InChI is InChI=1S/C18H23ClN2/c1-11-6-4-8-16(13(11)3)21-18-14-7-5-9-20-17(14)12(2)10-15(18)19/h5,7,9-11,13,16,21H,4,6,8H2,1-3H3. The van der Waals surface area contributed by atoms with E-state index in [-0.39, 0.29) is 0 Å². The molecule has 1 fully saturated rings. The third kappa shape index (κ3) is 2.74. The lowest BCUT2D eigenvalue weighted by atomic mass is 9.78. The highest BCUT2D eigenvalue weighted by Crippen LogP contribution is 2.37. The molecule has 2 nitrogen and oxygen atoms in total. The Morgan fingerprint density at radius 3 is 2.90 bits per heavy atom. The fraction of sp³-hybridized carbons (Fsp3) is 0.500. The second-order valence-electron chi connectivity index (χ2n) is 6.47. The lowest BCUT2D eigenvalue weighted by Gasteiger charge is -2.35. The topological polar surface area (TPSA) is 24.9 Å². The summed E-state index contributed by atoms with van der Waals surface area (Å²) in [6, 6.07) is 6.62. The third-order valence-corrected chi connectivity index (χ3v) is 5.37. The first-order valence-electron chi connectivity index (χ1n) is 7.88. The van der Waals surface area contributed by atoms with Crippen LogP contribution < -0.4 is 5.32 Å². The molecule has 21 heavy (non-hydrogen) atoms. The Hall–Kier alpha value is -1.28. The normalized spacial score (nSPS) is 26.0. The van der Waals surface area contributed by atoms with Crippen molar-refractivity contribution in [3.63, 3.8) is 0 Å². The number of hydrogen-bond donors (Lipinski definition) is 1. The second kappa shape index (κ2) is 5.84. The summed E-state index contributed by atoms with van der Waals surface area (Å²) in [6.45, 7) is 6.77. The monoisotopic (exact) mass is 302 g/mol. The molecule has 0 bridgehead atoms. The highest BCUT2D eigenvalue weighted by Gasteiger charge is 2.27. The van der Waals surface area contributed by atoms with E-state index in [0.717, 1.165) is 33.1 Å². The maximum absolute atomic E-state index is 6.52. The molecule has 1 aliphatic rings. The number of aromatic nitrogens is 1. The Morgan fingerprint density at radius 2 is 2.10 bits per heavy atom. The van der Waals surface area contributed by atoms with Crippen LogP contribution in [0.2, 0.25) is 5.02 Å². The molecule has 0 saturated heterocycles. The number of halogens is 1. The van der Waals surface area contributed by atoms with E-state index in [1.54, 1.807) is 0 Å². The molecule has 3 atom stereocenters. The predicted octanol–water partition coefficient (Wildman–Crippen LogP) is 5.43. The van der Waals surface area contributed by atoms with Gasteiger partial charge in [-0.3, -0.25) is 4.98 Å². The molecule has 3 unspecified atom stereocenters. The Balaban J connectivity index is 2.00. The van der Waals surface area contributed by atoms with Gasteiger partial charge in [0.2, 0.25) is 0 Å². The first kappa shape index (κ1) is 14.6. The second-order valence-corrected chi connectivity index (χ2v) is 6.88. The van der Waals surface area contributed by atoms with Crippen LogP contribution >= 0.6 is 11.6 Å². The van der Waals surface area contributed by atoms with Gasteiger partial charge in [-0.25, -0.2) is 0 Å². The van der Waals surface area contributed by atoms with Crippen LogP contribution in [0, 0.1) is 18.8 Å². The fourth-order valence-corrected chi connectivity index (χ4v) is 3.82. The third-order valence-electron chi connectivity index (χ3n) is 5.07. The van der Waals surface area contributed by atoms with Crippen LogP contribution in [0.15, 0.2) is 24.4 Å². The lowest BCUT2D eigenvalue weighted by molar-refractivity contribution is 0.253. The minimum Gasteiger partial charge on any atom is -0.380 e. The summed E-state index contributed by atoms with van der Waals surface area (Å²) in [5.41, 5.74) is 3.23. The molecule has 0 spiro atoms. The average Bonchev–Trinajstić information content (AvgIpc) is 2.47. The number of nitrogens with one attached hydrogen (secondary N) is 1. The summed E-state index contributed by atoms with van der Waals surface area (Å²) >= 11 is 6.52. The SMILES string of the molecule is Cc1cc(Cl)c(NC2CCCC(C)C2C)c2cccnc12.